The van der Waals surface area contributed by atoms with Gasteiger partial charge in [-0.25, -0.2) is 0 Å². The van der Waals surface area contributed by atoms with Crippen molar-refractivity contribution >= 4 is 12.8 Å². The van der Waals surface area contributed by atoms with Crippen molar-refractivity contribution in [1.82, 2.24) is 4.31 Å². The van der Waals surface area contributed by atoms with Gasteiger partial charge in [0, 0.05) is 13.1 Å². The molecule has 0 saturated carbocycles. The highest BCUT2D eigenvalue weighted by Crippen LogP contribution is 2.14. The third-order valence-electron chi connectivity index (χ3n) is 1.04. The van der Waals surface area contributed by atoms with Crippen LogP contribution in [0.4, 0.5) is 0 Å². The third-order valence-corrected chi connectivity index (χ3v) is 1.37. The molecule has 0 unspecified atom stereocenters. The van der Waals surface area contributed by atoms with Gasteiger partial charge in [0.2, 0.25) is 0 Å². The molecule has 1 fully saturated rings. The van der Waals surface area contributed by atoms with Gasteiger partial charge in [0.15, 0.2) is 0 Å². The first-order valence-corrected chi connectivity index (χ1v) is 2.63. The standard InChI is InChI=1S/C4H9NS/c1-4-2-5(6)3-4/h4,6H,2-3H2,1H3. The van der Waals surface area contributed by atoms with Crippen LogP contribution in [0.15, 0.2) is 0 Å². The molecular formula is C4H9NS. The van der Waals surface area contributed by atoms with Crippen LogP contribution in [0.1, 0.15) is 6.92 Å². The Morgan fingerprint density at radius 2 is 2.17 bits per heavy atom. The third kappa shape index (κ3) is 0.684. The Hall–Kier alpha value is 0.310. The molecule has 0 aliphatic carbocycles. The molecule has 0 aromatic carbocycles. The molecule has 1 heterocycles. The van der Waals surface area contributed by atoms with Crippen molar-refractivity contribution in [2.24, 2.45) is 5.92 Å². The van der Waals surface area contributed by atoms with Crippen LogP contribution in [0.25, 0.3) is 0 Å². The van der Waals surface area contributed by atoms with Gasteiger partial charge in [-0.2, -0.15) is 0 Å². The van der Waals surface area contributed by atoms with Crippen LogP contribution in [0.3, 0.4) is 0 Å². The fourth-order valence-electron chi connectivity index (χ4n) is 0.666. The fourth-order valence-corrected chi connectivity index (χ4v) is 1.22. The molecule has 0 amide bonds. The number of thiol groups is 1. The summed E-state index contributed by atoms with van der Waals surface area (Å²) in [7, 11) is 0. The van der Waals surface area contributed by atoms with Crippen molar-refractivity contribution in [1.29, 1.82) is 0 Å². The van der Waals surface area contributed by atoms with E-state index < -0.39 is 0 Å². The molecular weight excluding hydrogens is 94.1 g/mol. The zero-order valence-corrected chi connectivity index (χ0v) is 4.78. The van der Waals surface area contributed by atoms with Gasteiger partial charge in [0.05, 0.1) is 0 Å². The molecule has 0 N–H and O–H groups in total. The molecule has 1 saturated heterocycles. The summed E-state index contributed by atoms with van der Waals surface area (Å²) in [5, 5.41) is 0. The second-order valence-electron chi connectivity index (χ2n) is 1.98. The summed E-state index contributed by atoms with van der Waals surface area (Å²) in [5.74, 6) is 0.891. The number of hydrogen-bond donors (Lipinski definition) is 1. The Morgan fingerprint density at radius 3 is 2.17 bits per heavy atom. The summed E-state index contributed by atoms with van der Waals surface area (Å²) in [5.41, 5.74) is 0. The SMILES string of the molecule is CC1CN(S)C1. The maximum Gasteiger partial charge on any atom is 0.0125 e. The van der Waals surface area contributed by atoms with E-state index in [9.17, 15) is 0 Å². The zero-order chi connectivity index (χ0) is 4.57. The van der Waals surface area contributed by atoms with Crippen molar-refractivity contribution in [2.45, 2.75) is 6.92 Å². The minimum Gasteiger partial charge on any atom is -0.253 e. The van der Waals surface area contributed by atoms with E-state index in [0.29, 0.717) is 0 Å². The van der Waals surface area contributed by atoms with Crippen LogP contribution in [-0.4, -0.2) is 17.4 Å². The molecule has 2 heteroatoms. The van der Waals surface area contributed by atoms with Gasteiger partial charge in [0.1, 0.15) is 0 Å². The Labute approximate surface area is 43.9 Å². The van der Waals surface area contributed by atoms with Crippen LogP contribution in [0.5, 0.6) is 0 Å². The van der Waals surface area contributed by atoms with E-state index >= 15 is 0 Å². The molecule has 6 heavy (non-hydrogen) atoms. The molecule has 0 atom stereocenters. The van der Waals surface area contributed by atoms with Crippen LogP contribution >= 0.6 is 12.8 Å². The smallest absolute Gasteiger partial charge is 0.0125 e. The van der Waals surface area contributed by atoms with Crippen LogP contribution < -0.4 is 0 Å². The van der Waals surface area contributed by atoms with E-state index in [1.165, 1.54) is 13.1 Å². The van der Waals surface area contributed by atoms with E-state index in [1.807, 2.05) is 4.31 Å². The first-order valence-electron chi connectivity index (χ1n) is 2.23. The van der Waals surface area contributed by atoms with Gasteiger partial charge in [-0.3, -0.25) is 4.31 Å². The lowest BCUT2D eigenvalue weighted by Crippen LogP contribution is -2.37. The molecule has 0 aromatic rings. The Balaban J connectivity index is 2.11. The average Bonchev–Trinajstić information content (AvgIpc) is 1.33. The minimum atomic E-state index is 0.891. The van der Waals surface area contributed by atoms with Crippen molar-refractivity contribution in [3.8, 4) is 0 Å². The highest BCUT2D eigenvalue weighted by Gasteiger charge is 2.17. The largest absolute Gasteiger partial charge is 0.253 e. The van der Waals surface area contributed by atoms with E-state index in [-0.39, 0.29) is 0 Å². The lowest BCUT2D eigenvalue weighted by atomic mass is 10.1. The molecule has 1 aliphatic heterocycles. The normalized spacial score (nSPS) is 27.0. The molecule has 1 aliphatic rings. The summed E-state index contributed by atoms with van der Waals surface area (Å²) in [6.45, 7) is 4.57. The summed E-state index contributed by atoms with van der Waals surface area (Å²) >= 11 is 4.08. The second kappa shape index (κ2) is 1.43. The van der Waals surface area contributed by atoms with Crippen molar-refractivity contribution < 1.29 is 0 Å². The Kier molecular flexibility index (Phi) is 1.06. The van der Waals surface area contributed by atoms with Gasteiger partial charge < -0.3 is 0 Å². The predicted octanol–water partition coefficient (Wildman–Crippen LogP) is 0.783. The van der Waals surface area contributed by atoms with Gasteiger partial charge in [-0.1, -0.05) is 19.7 Å². The van der Waals surface area contributed by atoms with Gasteiger partial charge >= 0.3 is 0 Å². The average molecular weight is 103 g/mol. The molecule has 0 bridgehead atoms. The molecule has 1 rings (SSSR count). The van der Waals surface area contributed by atoms with Gasteiger partial charge in [0.25, 0.3) is 0 Å². The topological polar surface area (TPSA) is 3.24 Å². The van der Waals surface area contributed by atoms with Crippen LogP contribution in [0.2, 0.25) is 0 Å². The monoisotopic (exact) mass is 103 g/mol. The number of hydrogen-bond acceptors (Lipinski definition) is 2. The lowest BCUT2D eigenvalue weighted by molar-refractivity contribution is 0.243. The summed E-state index contributed by atoms with van der Waals surface area (Å²) in [6.07, 6.45) is 0. The van der Waals surface area contributed by atoms with E-state index in [0.717, 1.165) is 5.92 Å². The maximum atomic E-state index is 4.08. The van der Waals surface area contributed by atoms with Gasteiger partial charge in [-0.05, 0) is 5.92 Å². The first kappa shape index (κ1) is 4.47. The summed E-state index contributed by atoms with van der Waals surface area (Å²) in [6, 6.07) is 0. The molecule has 0 aromatic heterocycles. The number of nitrogens with zero attached hydrogens (tertiary/aromatic N) is 1. The molecule has 0 radical (unpaired) electrons. The molecule has 36 valence electrons. The van der Waals surface area contributed by atoms with E-state index in [2.05, 4.69) is 19.7 Å². The second-order valence-corrected chi connectivity index (χ2v) is 2.54. The Bertz CT molecular complexity index is 43.5. The number of rotatable bonds is 0. The highest BCUT2D eigenvalue weighted by atomic mass is 32.1. The van der Waals surface area contributed by atoms with Crippen LogP contribution in [-0.2, 0) is 0 Å². The quantitative estimate of drug-likeness (QED) is 0.443. The summed E-state index contributed by atoms with van der Waals surface area (Å²) < 4.78 is 2.02. The summed E-state index contributed by atoms with van der Waals surface area (Å²) in [4.78, 5) is 0. The zero-order valence-electron chi connectivity index (χ0n) is 3.89. The maximum absolute atomic E-state index is 4.08. The van der Waals surface area contributed by atoms with Crippen molar-refractivity contribution in [2.75, 3.05) is 13.1 Å². The highest BCUT2D eigenvalue weighted by molar-refractivity contribution is 7.77. The fraction of sp³-hybridized carbons (Fsp3) is 1.00. The molecule has 0 spiro atoms. The first-order chi connectivity index (χ1) is 2.79. The van der Waals surface area contributed by atoms with Crippen molar-refractivity contribution in [3.05, 3.63) is 0 Å². The predicted molar refractivity (Wildman–Crippen MR) is 29.7 cm³/mol. The van der Waals surface area contributed by atoms with E-state index in [1.54, 1.807) is 0 Å². The van der Waals surface area contributed by atoms with E-state index in [4.69, 9.17) is 0 Å². The minimum absolute atomic E-state index is 0.891. The Morgan fingerprint density at radius 1 is 1.67 bits per heavy atom. The van der Waals surface area contributed by atoms with Crippen LogP contribution in [0, 0.1) is 5.92 Å². The van der Waals surface area contributed by atoms with Crippen molar-refractivity contribution in [3.63, 3.8) is 0 Å². The van der Waals surface area contributed by atoms with Gasteiger partial charge in [-0.15, -0.1) is 0 Å². The molecule has 1 nitrogen and oxygen atoms in total. The lowest BCUT2D eigenvalue weighted by Gasteiger charge is -2.31.